The number of amides is 1. The molecule has 0 atom stereocenters. The van der Waals surface area contributed by atoms with Gasteiger partial charge in [0, 0.05) is 43.2 Å². The SMILES string of the molecule is CCC(=Nc1cnn(C2CN(C)C2)c1)c1c(O)[nH]c2ccc(C(=O)NCCOC)cc12. The van der Waals surface area contributed by atoms with Gasteiger partial charge in [0.05, 0.1) is 36.3 Å². The second kappa shape index (κ2) is 8.91. The summed E-state index contributed by atoms with van der Waals surface area (Å²) in [6.07, 6.45) is 4.30. The Labute approximate surface area is 180 Å². The molecule has 3 heterocycles. The summed E-state index contributed by atoms with van der Waals surface area (Å²) in [5.41, 5.74) is 3.34. The van der Waals surface area contributed by atoms with Crippen molar-refractivity contribution in [2.45, 2.75) is 19.4 Å². The Morgan fingerprint density at radius 1 is 1.42 bits per heavy atom. The van der Waals surface area contributed by atoms with Gasteiger partial charge in [-0.25, -0.2) is 4.99 Å². The zero-order chi connectivity index (χ0) is 22.0. The highest BCUT2D eigenvalue weighted by atomic mass is 16.5. The second-order valence-corrected chi connectivity index (χ2v) is 7.82. The van der Waals surface area contributed by atoms with Crippen LogP contribution in [0.4, 0.5) is 5.69 Å². The predicted molar refractivity (Wildman–Crippen MR) is 119 cm³/mol. The molecular weight excluding hydrogens is 396 g/mol. The first-order chi connectivity index (χ1) is 15.0. The van der Waals surface area contributed by atoms with Gasteiger partial charge in [-0.15, -0.1) is 0 Å². The van der Waals surface area contributed by atoms with Gasteiger partial charge in [0.1, 0.15) is 5.69 Å². The fourth-order valence-corrected chi connectivity index (χ4v) is 3.87. The highest BCUT2D eigenvalue weighted by Crippen LogP contribution is 2.31. The van der Waals surface area contributed by atoms with E-state index >= 15 is 0 Å². The maximum atomic E-state index is 12.5. The third-order valence-electron chi connectivity index (χ3n) is 5.53. The van der Waals surface area contributed by atoms with E-state index in [9.17, 15) is 9.90 Å². The molecule has 0 spiro atoms. The number of nitrogens with zero attached hydrogens (tertiary/aromatic N) is 4. The summed E-state index contributed by atoms with van der Waals surface area (Å²) in [6.45, 7) is 4.82. The number of rotatable bonds is 8. The first-order valence-corrected chi connectivity index (χ1v) is 10.4. The van der Waals surface area contributed by atoms with Crippen LogP contribution in [0.1, 0.15) is 35.3 Å². The smallest absolute Gasteiger partial charge is 0.251 e. The van der Waals surface area contributed by atoms with Crippen LogP contribution in [0.25, 0.3) is 10.9 Å². The minimum Gasteiger partial charge on any atom is -0.494 e. The summed E-state index contributed by atoms with van der Waals surface area (Å²) in [5, 5.41) is 18.6. The zero-order valence-corrected chi connectivity index (χ0v) is 18.1. The summed E-state index contributed by atoms with van der Waals surface area (Å²) in [5.74, 6) is -0.145. The number of aliphatic imine (C=N–C) groups is 1. The normalized spacial score (nSPS) is 15.4. The Balaban J connectivity index is 1.64. The van der Waals surface area contributed by atoms with Gasteiger partial charge in [0.25, 0.3) is 5.91 Å². The van der Waals surface area contributed by atoms with Crippen LogP contribution in [-0.4, -0.2) is 76.8 Å². The average molecular weight is 425 g/mol. The number of carbonyl (C=O) groups excluding carboxylic acids is 1. The first kappa shape index (κ1) is 21.1. The van der Waals surface area contributed by atoms with Gasteiger partial charge < -0.3 is 25.0 Å². The monoisotopic (exact) mass is 424 g/mol. The topological polar surface area (TPSA) is 108 Å². The van der Waals surface area contributed by atoms with E-state index in [0.717, 1.165) is 35.4 Å². The van der Waals surface area contributed by atoms with Crippen molar-refractivity contribution in [3.63, 3.8) is 0 Å². The number of likely N-dealkylation sites (tertiary alicyclic amines) is 1. The molecule has 164 valence electrons. The lowest BCUT2D eigenvalue weighted by molar-refractivity contribution is 0.0937. The molecule has 0 aliphatic carbocycles. The Kier molecular flexibility index (Phi) is 6.06. The van der Waals surface area contributed by atoms with Gasteiger partial charge in [0.15, 0.2) is 5.88 Å². The lowest BCUT2D eigenvalue weighted by atomic mass is 10.0. The van der Waals surface area contributed by atoms with Crippen molar-refractivity contribution in [2.24, 2.45) is 4.99 Å². The minimum atomic E-state index is -0.188. The fraction of sp³-hybridized carbons (Fsp3) is 0.409. The van der Waals surface area contributed by atoms with Crippen LogP contribution in [0.3, 0.4) is 0 Å². The molecular formula is C22H28N6O3. The van der Waals surface area contributed by atoms with Gasteiger partial charge >= 0.3 is 0 Å². The number of fused-ring (bicyclic) bond motifs is 1. The maximum Gasteiger partial charge on any atom is 0.251 e. The van der Waals surface area contributed by atoms with E-state index in [-0.39, 0.29) is 11.8 Å². The molecule has 1 aromatic carbocycles. The van der Waals surface area contributed by atoms with Crippen molar-refractivity contribution in [2.75, 3.05) is 40.4 Å². The van der Waals surface area contributed by atoms with E-state index in [1.807, 2.05) is 17.8 Å². The van der Waals surface area contributed by atoms with Crippen LogP contribution in [-0.2, 0) is 4.74 Å². The molecule has 0 radical (unpaired) electrons. The molecule has 0 saturated carbocycles. The summed E-state index contributed by atoms with van der Waals surface area (Å²) in [6, 6.07) is 5.68. The van der Waals surface area contributed by atoms with E-state index in [4.69, 9.17) is 9.73 Å². The number of aromatic hydroxyl groups is 1. The van der Waals surface area contributed by atoms with E-state index in [1.165, 1.54) is 0 Å². The zero-order valence-electron chi connectivity index (χ0n) is 18.1. The molecule has 1 aliphatic heterocycles. The molecule has 3 aromatic rings. The Hall–Kier alpha value is -3.17. The molecule has 1 fully saturated rings. The lowest BCUT2D eigenvalue weighted by Gasteiger charge is -2.35. The quantitative estimate of drug-likeness (QED) is 0.380. The molecule has 1 aliphatic rings. The second-order valence-electron chi connectivity index (χ2n) is 7.82. The summed E-state index contributed by atoms with van der Waals surface area (Å²) in [4.78, 5) is 22.4. The van der Waals surface area contributed by atoms with E-state index < -0.39 is 0 Å². The molecule has 3 N–H and O–H groups in total. The summed E-state index contributed by atoms with van der Waals surface area (Å²) < 4.78 is 6.93. The molecule has 0 unspecified atom stereocenters. The average Bonchev–Trinajstić information content (AvgIpc) is 3.32. The molecule has 4 rings (SSSR count). The Morgan fingerprint density at radius 2 is 2.23 bits per heavy atom. The van der Waals surface area contributed by atoms with Crippen LogP contribution in [0.15, 0.2) is 35.6 Å². The maximum absolute atomic E-state index is 12.5. The highest BCUT2D eigenvalue weighted by Gasteiger charge is 2.25. The van der Waals surface area contributed by atoms with Crippen LogP contribution in [0.2, 0.25) is 0 Å². The van der Waals surface area contributed by atoms with Crippen LogP contribution < -0.4 is 5.32 Å². The lowest BCUT2D eigenvalue weighted by Crippen LogP contribution is -2.44. The van der Waals surface area contributed by atoms with E-state index in [2.05, 4.69) is 27.3 Å². The number of hydrogen-bond donors (Lipinski definition) is 3. The first-order valence-electron chi connectivity index (χ1n) is 10.4. The number of aromatic amines is 1. The number of aromatic nitrogens is 3. The van der Waals surface area contributed by atoms with Gasteiger partial charge in [-0.3, -0.25) is 9.48 Å². The molecule has 0 bridgehead atoms. The van der Waals surface area contributed by atoms with Crippen molar-refractivity contribution < 1.29 is 14.6 Å². The van der Waals surface area contributed by atoms with Crippen LogP contribution in [0, 0.1) is 0 Å². The summed E-state index contributed by atoms with van der Waals surface area (Å²) in [7, 11) is 3.67. The number of methoxy groups -OCH3 is 1. The highest BCUT2D eigenvalue weighted by molar-refractivity contribution is 6.14. The number of hydrogen-bond acceptors (Lipinski definition) is 6. The van der Waals surface area contributed by atoms with Gasteiger partial charge in [0.2, 0.25) is 0 Å². The van der Waals surface area contributed by atoms with Gasteiger partial charge in [-0.2, -0.15) is 5.10 Å². The summed E-state index contributed by atoms with van der Waals surface area (Å²) >= 11 is 0. The van der Waals surface area contributed by atoms with E-state index in [0.29, 0.717) is 36.7 Å². The third kappa shape index (κ3) is 4.33. The van der Waals surface area contributed by atoms with Crippen molar-refractivity contribution >= 4 is 28.2 Å². The minimum absolute atomic E-state index is 0.0422. The standard InChI is InChI=1S/C22H28N6O3/c1-4-18(25-15-10-24-28(11-15)16-12-27(2)13-16)20-17-9-14(21(29)23-7-8-31-3)5-6-19(17)26-22(20)30/h5-6,9-11,16,26,30H,4,7-8,12-13H2,1-3H3,(H,23,29). The van der Waals surface area contributed by atoms with Crippen molar-refractivity contribution in [3.05, 3.63) is 41.7 Å². The molecule has 31 heavy (non-hydrogen) atoms. The number of carbonyl (C=O) groups is 1. The van der Waals surface area contributed by atoms with Crippen molar-refractivity contribution in [1.29, 1.82) is 0 Å². The van der Waals surface area contributed by atoms with E-state index in [1.54, 1.807) is 31.5 Å². The third-order valence-corrected chi connectivity index (χ3v) is 5.53. The fourth-order valence-electron chi connectivity index (χ4n) is 3.87. The van der Waals surface area contributed by atoms with Gasteiger partial charge in [-0.1, -0.05) is 6.92 Å². The number of nitrogens with one attached hydrogen (secondary N) is 2. The predicted octanol–water partition coefficient (Wildman–Crippen LogP) is 2.46. The van der Waals surface area contributed by atoms with Crippen LogP contribution in [0.5, 0.6) is 5.88 Å². The van der Waals surface area contributed by atoms with Crippen LogP contribution >= 0.6 is 0 Å². The van der Waals surface area contributed by atoms with Crippen molar-refractivity contribution in [3.8, 4) is 5.88 Å². The van der Waals surface area contributed by atoms with Gasteiger partial charge in [-0.05, 0) is 31.7 Å². The molecule has 2 aromatic heterocycles. The Morgan fingerprint density at radius 3 is 2.94 bits per heavy atom. The number of benzene rings is 1. The Bertz CT molecular complexity index is 1110. The molecule has 9 nitrogen and oxygen atoms in total. The number of ether oxygens (including phenoxy) is 1. The van der Waals surface area contributed by atoms with Crippen molar-refractivity contribution in [1.82, 2.24) is 25.0 Å². The number of H-pyrrole nitrogens is 1. The molecule has 9 heteroatoms. The molecule has 1 amide bonds. The molecule has 1 saturated heterocycles. The largest absolute Gasteiger partial charge is 0.494 e. The number of likely N-dealkylation sites (N-methyl/N-ethyl adjacent to an activating group) is 1.